The Kier molecular flexibility index (Phi) is 7.82. The van der Waals surface area contributed by atoms with E-state index in [9.17, 15) is 0 Å². The van der Waals surface area contributed by atoms with E-state index in [1.165, 1.54) is 21.7 Å². The second kappa shape index (κ2) is 13.8. The Labute approximate surface area is 346 Å². The number of furan rings is 2. The van der Waals surface area contributed by atoms with E-state index in [1.54, 1.807) is 0 Å². The van der Waals surface area contributed by atoms with Gasteiger partial charge < -0.3 is 18.6 Å². The van der Waals surface area contributed by atoms with Crippen molar-refractivity contribution in [3.8, 4) is 11.1 Å². The van der Waals surface area contributed by atoms with Gasteiger partial charge >= 0.3 is 0 Å². The summed E-state index contributed by atoms with van der Waals surface area (Å²) in [5.74, 6) is 0. The molecule has 0 bridgehead atoms. The molecule has 0 fully saturated rings. The lowest BCUT2D eigenvalue weighted by molar-refractivity contribution is 0.669. The van der Waals surface area contributed by atoms with Crippen LogP contribution in [0.5, 0.6) is 0 Å². The van der Waals surface area contributed by atoms with Crippen LogP contribution < -0.4 is 9.80 Å². The summed E-state index contributed by atoms with van der Waals surface area (Å²) in [6.07, 6.45) is 0. The van der Waals surface area contributed by atoms with E-state index in [1.807, 2.05) is 24.3 Å². The number of anilines is 6. The average molecular weight is 769 g/mol. The van der Waals surface area contributed by atoms with Crippen LogP contribution in [0.3, 0.4) is 0 Å². The number of benzene rings is 10. The van der Waals surface area contributed by atoms with Crippen LogP contribution in [-0.2, 0) is 0 Å². The fourth-order valence-electron chi connectivity index (χ4n) is 8.95. The monoisotopic (exact) mass is 768 g/mol. The second-order valence-corrected chi connectivity index (χ2v) is 15.4. The molecule has 0 amide bonds. The molecule has 0 unspecified atom stereocenters. The maximum absolute atomic E-state index is 6.49. The molecule has 0 aliphatic heterocycles. The smallest absolute Gasteiger partial charge is 0.137 e. The van der Waals surface area contributed by atoms with Crippen LogP contribution in [0, 0.1) is 0 Å². The summed E-state index contributed by atoms with van der Waals surface area (Å²) in [6, 6.07) is 77.6. The fraction of sp³-hybridized carbons (Fsp3) is 0. The first-order valence-electron chi connectivity index (χ1n) is 20.3. The lowest BCUT2D eigenvalue weighted by Gasteiger charge is -2.29. The number of hydrogen-bond acceptors (Lipinski definition) is 4. The minimum absolute atomic E-state index is 0.846. The van der Waals surface area contributed by atoms with Gasteiger partial charge in [0.1, 0.15) is 22.3 Å². The van der Waals surface area contributed by atoms with Gasteiger partial charge in [-0.05, 0) is 124 Å². The van der Waals surface area contributed by atoms with Gasteiger partial charge in [0.25, 0.3) is 0 Å². The van der Waals surface area contributed by atoms with Crippen molar-refractivity contribution in [3.63, 3.8) is 0 Å². The largest absolute Gasteiger partial charge is 0.456 e. The molecule has 10 aromatic carbocycles. The third-order valence-electron chi connectivity index (χ3n) is 11.8. The number of para-hydroxylation sites is 3. The van der Waals surface area contributed by atoms with Crippen molar-refractivity contribution in [2.45, 2.75) is 0 Å². The molecular weight excluding hydrogens is 733 g/mol. The topological polar surface area (TPSA) is 32.8 Å². The Morgan fingerprint density at radius 2 is 0.717 bits per heavy atom. The molecule has 0 radical (unpaired) electrons. The fourth-order valence-corrected chi connectivity index (χ4v) is 8.95. The van der Waals surface area contributed by atoms with Crippen LogP contribution in [0.15, 0.2) is 227 Å². The number of hydrogen-bond donors (Lipinski definition) is 0. The summed E-state index contributed by atoms with van der Waals surface area (Å²) in [5.41, 5.74) is 12.1. The van der Waals surface area contributed by atoms with Crippen molar-refractivity contribution in [1.82, 2.24) is 0 Å². The van der Waals surface area contributed by atoms with Crippen molar-refractivity contribution < 1.29 is 8.83 Å². The normalized spacial score (nSPS) is 11.7. The van der Waals surface area contributed by atoms with Gasteiger partial charge in [-0.3, -0.25) is 0 Å². The van der Waals surface area contributed by atoms with Crippen LogP contribution >= 0.6 is 0 Å². The van der Waals surface area contributed by atoms with Crippen molar-refractivity contribution in [2.75, 3.05) is 9.80 Å². The predicted molar refractivity (Wildman–Crippen MR) is 251 cm³/mol. The van der Waals surface area contributed by atoms with Crippen molar-refractivity contribution in [1.29, 1.82) is 0 Å². The summed E-state index contributed by atoms with van der Waals surface area (Å²) in [6.45, 7) is 0. The third-order valence-corrected chi connectivity index (χ3v) is 11.8. The summed E-state index contributed by atoms with van der Waals surface area (Å²) >= 11 is 0. The number of nitrogens with zero attached hydrogens (tertiary/aromatic N) is 2. The van der Waals surface area contributed by atoms with Crippen LogP contribution in [0.4, 0.5) is 34.1 Å². The maximum atomic E-state index is 6.49. The summed E-state index contributed by atoms with van der Waals surface area (Å²) in [5, 5.41) is 9.12. The highest BCUT2D eigenvalue weighted by Gasteiger charge is 2.20. The summed E-state index contributed by atoms with van der Waals surface area (Å²) in [4.78, 5) is 4.69. The SMILES string of the molecule is c1ccc(-c2cccc(N(c3ccccc3)c3cccc(N(c4ccc5c(c4)oc4ccccc45)c4ccc5ccc6cc7oc8ccccc8c7cc6c5c4)c3)c2)cc1. The highest BCUT2D eigenvalue weighted by Crippen LogP contribution is 2.44. The molecule has 4 heteroatoms. The molecule has 2 aromatic heterocycles. The minimum Gasteiger partial charge on any atom is -0.456 e. The van der Waals surface area contributed by atoms with Crippen molar-refractivity contribution in [3.05, 3.63) is 218 Å². The van der Waals surface area contributed by atoms with Gasteiger partial charge in [-0.25, -0.2) is 0 Å². The molecule has 282 valence electrons. The highest BCUT2D eigenvalue weighted by molar-refractivity contribution is 6.17. The Bertz CT molecular complexity index is 3570. The maximum Gasteiger partial charge on any atom is 0.137 e. The zero-order chi connectivity index (χ0) is 39.6. The Hall–Kier alpha value is -8.08. The van der Waals surface area contributed by atoms with Gasteiger partial charge in [-0.1, -0.05) is 121 Å². The summed E-state index contributed by atoms with van der Waals surface area (Å²) in [7, 11) is 0. The molecule has 0 aliphatic carbocycles. The Morgan fingerprint density at radius 1 is 0.233 bits per heavy atom. The van der Waals surface area contributed by atoms with E-state index in [4.69, 9.17) is 8.83 Å². The van der Waals surface area contributed by atoms with E-state index in [-0.39, 0.29) is 0 Å². The molecule has 0 aliphatic rings. The standard InChI is InChI=1S/C56H36N2O2/c1-3-13-37(14-4-1)39-15-11-18-42(31-39)57(41-16-5-2-6-17-41)43-19-12-20-44(33-43)58(46-29-30-49-47-21-7-9-23-53(47)60-56(49)35-46)45-28-27-38-25-26-40-32-55-52(36-51(40)50(38)34-45)48-22-8-10-24-54(48)59-55/h1-36H. The van der Waals surface area contributed by atoms with Gasteiger partial charge in [-0.2, -0.15) is 0 Å². The molecule has 0 N–H and O–H groups in total. The van der Waals surface area contributed by atoms with Gasteiger partial charge in [0, 0.05) is 61.7 Å². The van der Waals surface area contributed by atoms with Crippen molar-refractivity contribution >= 4 is 99.5 Å². The molecule has 12 rings (SSSR count). The van der Waals surface area contributed by atoms with Crippen molar-refractivity contribution in [2.24, 2.45) is 0 Å². The molecule has 0 saturated carbocycles. The van der Waals surface area contributed by atoms with Crippen LogP contribution in [0.25, 0.3) is 76.5 Å². The van der Waals surface area contributed by atoms with Crippen LogP contribution in [-0.4, -0.2) is 0 Å². The molecule has 60 heavy (non-hydrogen) atoms. The van der Waals surface area contributed by atoms with Crippen LogP contribution in [0.1, 0.15) is 0 Å². The molecule has 0 atom stereocenters. The molecule has 2 heterocycles. The van der Waals surface area contributed by atoms with Gasteiger partial charge in [0.2, 0.25) is 0 Å². The lowest BCUT2D eigenvalue weighted by Crippen LogP contribution is -2.13. The Morgan fingerprint density at radius 3 is 1.48 bits per heavy atom. The lowest BCUT2D eigenvalue weighted by atomic mass is 9.99. The zero-order valence-corrected chi connectivity index (χ0v) is 32.5. The molecule has 4 nitrogen and oxygen atoms in total. The van der Waals surface area contributed by atoms with E-state index >= 15 is 0 Å². The minimum atomic E-state index is 0.846. The highest BCUT2D eigenvalue weighted by atomic mass is 16.3. The molecule has 0 saturated heterocycles. The Balaban J connectivity index is 1.06. The number of fused-ring (bicyclic) bond motifs is 9. The number of rotatable bonds is 7. The van der Waals surface area contributed by atoms with Gasteiger partial charge in [0.05, 0.1) is 0 Å². The van der Waals surface area contributed by atoms with E-state index in [2.05, 4.69) is 204 Å². The quantitative estimate of drug-likeness (QED) is 0.151. The average Bonchev–Trinajstić information content (AvgIpc) is 3.87. The molecule has 12 aromatic rings. The third kappa shape index (κ3) is 5.69. The van der Waals surface area contributed by atoms with E-state index in [0.717, 1.165) is 89.0 Å². The second-order valence-electron chi connectivity index (χ2n) is 15.4. The predicted octanol–water partition coefficient (Wildman–Crippen LogP) is 16.4. The first-order valence-corrected chi connectivity index (χ1v) is 20.3. The molecular formula is C56H36N2O2. The summed E-state index contributed by atoms with van der Waals surface area (Å²) < 4.78 is 12.8. The molecule has 0 spiro atoms. The first-order chi connectivity index (χ1) is 29.7. The first kappa shape index (κ1) is 34.0. The van der Waals surface area contributed by atoms with E-state index < -0.39 is 0 Å². The van der Waals surface area contributed by atoms with Gasteiger partial charge in [0.15, 0.2) is 0 Å². The van der Waals surface area contributed by atoms with E-state index in [0.29, 0.717) is 0 Å². The van der Waals surface area contributed by atoms with Gasteiger partial charge in [-0.15, -0.1) is 0 Å². The zero-order valence-electron chi connectivity index (χ0n) is 32.5. The van der Waals surface area contributed by atoms with Crippen LogP contribution in [0.2, 0.25) is 0 Å².